The normalized spacial score (nSPS) is 11.6. The second-order valence-electron chi connectivity index (χ2n) is 7.39. The van der Waals surface area contributed by atoms with Crippen LogP contribution < -0.4 is 10.6 Å². The molecule has 0 aromatic carbocycles. The largest absolute Gasteiger partial charge is 0.444 e. The molecular formula is C19H36IN5O2S. The van der Waals surface area contributed by atoms with Crippen molar-refractivity contribution in [3.05, 3.63) is 15.6 Å². The fourth-order valence-electron chi connectivity index (χ4n) is 2.35. The standard InChI is InChI=1S/C19H35N5O2S.HI/c1-8-12-24(18(25)26-19(4,5)6)13-11-22-17(20-7)21-10-9-16-23-14(2)15(3)27-16;/h8-13H2,1-7H3,(H2,20,21,22);1H. The van der Waals surface area contributed by atoms with E-state index in [4.69, 9.17) is 4.74 Å². The van der Waals surface area contributed by atoms with Crippen molar-refractivity contribution in [3.63, 3.8) is 0 Å². The van der Waals surface area contributed by atoms with Crippen LogP contribution in [-0.2, 0) is 11.2 Å². The van der Waals surface area contributed by atoms with Crippen molar-refractivity contribution in [2.24, 2.45) is 4.99 Å². The number of aryl methyl sites for hydroxylation is 2. The molecule has 1 aromatic rings. The lowest BCUT2D eigenvalue weighted by atomic mass is 10.2. The number of ether oxygens (including phenoxy) is 1. The first-order valence-electron chi connectivity index (χ1n) is 9.51. The van der Waals surface area contributed by atoms with Gasteiger partial charge < -0.3 is 20.3 Å². The molecule has 1 rings (SSSR count). The average molecular weight is 526 g/mol. The highest BCUT2D eigenvalue weighted by Gasteiger charge is 2.21. The second kappa shape index (κ2) is 13.2. The van der Waals surface area contributed by atoms with Crippen LogP contribution >= 0.6 is 35.3 Å². The van der Waals surface area contributed by atoms with Crippen LogP contribution in [0.4, 0.5) is 4.79 Å². The molecular weight excluding hydrogens is 489 g/mol. The van der Waals surface area contributed by atoms with E-state index in [0.29, 0.717) is 19.6 Å². The minimum atomic E-state index is -0.485. The van der Waals surface area contributed by atoms with Crippen LogP contribution in [0.1, 0.15) is 49.7 Å². The molecule has 2 N–H and O–H groups in total. The fraction of sp³-hybridized carbons (Fsp3) is 0.737. The SMILES string of the molecule is CCCN(CCNC(=NC)NCCc1nc(C)c(C)s1)C(=O)OC(C)(C)C.I. The second-order valence-corrected chi connectivity index (χ2v) is 8.68. The van der Waals surface area contributed by atoms with Gasteiger partial charge in [0.05, 0.1) is 10.7 Å². The van der Waals surface area contributed by atoms with Gasteiger partial charge in [-0.3, -0.25) is 4.99 Å². The Morgan fingerprint density at radius 3 is 2.36 bits per heavy atom. The molecule has 7 nitrogen and oxygen atoms in total. The molecule has 0 aliphatic heterocycles. The Morgan fingerprint density at radius 1 is 1.21 bits per heavy atom. The zero-order valence-corrected chi connectivity index (χ0v) is 21.4. The number of nitrogens with one attached hydrogen (secondary N) is 2. The summed E-state index contributed by atoms with van der Waals surface area (Å²) < 4.78 is 5.47. The number of carbonyl (C=O) groups excluding carboxylic acids is 1. The van der Waals surface area contributed by atoms with Crippen LogP contribution in [0.3, 0.4) is 0 Å². The maximum Gasteiger partial charge on any atom is 0.410 e. The van der Waals surface area contributed by atoms with E-state index in [1.165, 1.54) is 4.88 Å². The molecule has 0 bridgehead atoms. The van der Waals surface area contributed by atoms with E-state index in [-0.39, 0.29) is 30.1 Å². The highest BCUT2D eigenvalue weighted by Crippen LogP contribution is 2.16. The average Bonchev–Trinajstić information content (AvgIpc) is 2.88. The van der Waals surface area contributed by atoms with Gasteiger partial charge in [0, 0.05) is 44.5 Å². The third kappa shape index (κ3) is 10.4. The zero-order chi connectivity index (χ0) is 20.4. The van der Waals surface area contributed by atoms with Gasteiger partial charge >= 0.3 is 6.09 Å². The first kappa shape index (κ1) is 26.9. The molecule has 1 aromatic heterocycles. The number of halogens is 1. The van der Waals surface area contributed by atoms with E-state index in [1.54, 1.807) is 23.3 Å². The number of carbonyl (C=O) groups is 1. The molecule has 162 valence electrons. The first-order valence-corrected chi connectivity index (χ1v) is 10.3. The van der Waals surface area contributed by atoms with Crippen LogP contribution in [0.5, 0.6) is 0 Å². The van der Waals surface area contributed by atoms with Crippen molar-refractivity contribution < 1.29 is 9.53 Å². The number of aliphatic imine (C=N–C) groups is 1. The van der Waals surface area contributed by atoms with Crippen molar-refractivity contribution in [2.75, 3.05) is 33.2 Å². The van der Waals surface area contributed by atoms with Gasteiger partial charge in [0.15, 0.2) is 5.96 Å². The van der Waals surface area contributed by atoms with Crippen LogP contribution in [0, 0.1) is 13.8 Å². The van der Waals surface area contributed by atoms with E-state index in [9.17, 15) is 4.79 Å². The number of nitrogens with zero attached hydrogens (tertiary/aromatic N) is 3. The van der Waals surface area contributed by atoms with E-state index in [0.717, 1.165) is 36.0 Å². The van der Waals surface area contributed by atoms with Crippen LogP contribution in [0.2, 0.25) is 0 Å². The number of hydrogen-bond acceptors (Lipinski definition) is 5. The van der Waals surface area contributed by atoms with E-state index >= 15 is 0 Å². The minimum Gasteiger partial charge on any atom is -0.444 e. The number of amides is 1. The van der Waals surface area contributed by atoms with Gasteiger partial charge in [0.25, 0.3) is 0 Å². The molecule has 0 aliphatic rings. The van der Waals surface area contributed by atoms with Crippen molar-refractivity contribution in [3.8, 4) is 0 Å². The molecule has 0 radical (unpaired) electrons. The third-order valence-electron chi connectivity index (χ3n) is 3.75. The van der Waals surface area contributed by atoms with E-state index in [1.807, 2.05) is 34.6 Å². The fourth-order valence-corrected chi connectivity index (χ4v) is 3.29. The topological polar surface area (TPSA) is 78.9 Å². The van der Waals surface area contributed by atoms with Gasteiger partial charge in [-0.1, -0.05) is 6.92 Å². The molecule has 28 heavy (non-hydrogen) atoms. The Morgan fingerprint density at radius 2 is 1.86 bits per heavy atom. The third-order valence-corrected chi connectivity index (χ3v) is 4.88. The number of aromatic nitrogens is 1. The maximum atomic E-state index is 12.3. The lowest BCUT2D eigenvalue weighted by Crippen LogP contribution is -2.45. The summed E-state index contributed by atoms with van der Waals surface area (Å²) in [7, 11) is 1.74. The van der Waals surface area contributed by atoms with Crippen molar-refractivity contribution in [2.45, 2.75) is 60.0 Å². The molecule has 9 heteroatoms. The summed E-state index contributed by atoms with van der Waals surface area (Å²) in [6.07, 6.45) is 1.47. The maximum absolute atomic E-state index is 12.3. The van der Waals surface area contributed by atoms with Crippen molar-refractivity contribution >= 4 is 47.4 Å². The van der Waals surface area contributed by atoms with Gasteiger partial charge in [-0.25, -0.2) is 9.78 Å². The van der Waals surface area contributed by atoms with Gasteiger partial charge in [-0.2, -0.15) is 0 Å². The molecule has 0 fully saturated rings. The summed E-state index contributed by atoms with van der Waals surface area (Å²) in [4.78, 5) is 24.1. The molecule has 0 spiro atoms. The van der Waals surface area contributed by atoms with Gasteiger partial charge in [0.1, 0.15) is 5.60 Å². The van der Waals surface area contributed by atoms with E-state index < -0.39 is 5.60 Å². The number of hydrogen-bond donors (Lipinski definition) is 2. The monoisotopic (exact) mass is 525 g/mol. The lowest BCUT2D eigenvalue weighted by Gasteiger charge is -2.27. The van der Waals surface area contributed by atoms with Crippen LogP contribution in [-0.4, -0.2) is 60.8 Å². The molecule has 0 atom stereocenters. The van der Waals surface area contributed by atoms with Crippen molar-refractivity contribution in [1.29, 1.82) is 0 Å². The molecule has 0 saturated carbocycles. The molecule has 0 aliphatic carbocycles. The van der Waals surface area contributed by atoms with Gasteiger partial charge in [-0.15, -0.1) is 35.3 Å². The lowest BCUT2D eigenvalue weighted by molar-refractivity contribution is 0.0253. The predicted octanol–water partition coefficient (Wildman–Crippen LogP) is 3.73. The van der Waals surface area contributed by atoms with Gasteiger partial charge in [-0.05, 0) is 41.0 Å². The van der Waals surface area contributed by atoms with E-state index in [2.05, 4.69) is 27.5 Å². The highest BCUT2D eigenvalue weighted by molar-refractivity contribution is 14.0. The van der Waals surface area contributed by atoms with Crippen LogP contribution in [0.25, 0.3) is 0 Å². The Bertz CT molecular complexity index is 609. The smallest absolute Gasteiger partial charge is 0.410 e. The minimum absolute atomic E-state index is 0. The number of guanidine groups is 1. The quantitative estimate of drug-likeness (QED) is 0.307. The Labute approximate surface area is 190 Å². The summed E-state index contributed by atoms with van der Waals surface area (Å²) in [6.45, 7) is 14.4. The predicted molar refractivity (Wildman–Crippen MR) is 128 cm³/mol. The number of rotatable bonds is 8. The Kier molecular flexibility index (Phi) is 12.7. The van der Waals surface area contributed by atoms with Gasteiger partial charge in [0.2, 0.25) is 0 Å². The van der Waals surface area contributed by atoms with Crippen LogP contribution in [0.15, 0.2) is 4.99 Å². The molecule has 1 amide bonds. The Hall–Kier alpha value is -1.10. The summed E-state index contributed by atoms with van der Waals surface area (Å²) >= 11 is 1.74. The summed E-state index contributed by atoms with van der Waals surface area (Å²) in [5.41, 5.74) is 0.622. The molecule has 0 unspecified atom stereocenters. The number of thiazole rings is 1. The zero-order valence-electron chi connectivity index (χ0n) is 18.2. The molecule has 1 heterocycles. The first-order chi connectivity index (χ1) is 12.7. The summed E-state index contributed by atoms with van der Waals surface area (Å²) in [5, 5.41) is 7.67. The summed E-state index contributed by atoms with van der Waals surface area (Å²) in [5.74, 6) is 0.723. The summed E-state index contributed by atoms with van der Waals surface area (Å²) in [6, 6.07) is 0. The molecule has 0 saturated heterocycles. The van der Waals surface area contributed by atoms with Crippen molar-refractivity contribution in [1.82, 2.24) is 20.5 Å². The Balaban J connectivity index is 0.00000729. The highest BCUT2D eigenvalue weighted by atomic mass is 127.